The molecule has 2 aromatic carbocycles. The van der Waals surface area contributed by atoms with Gasteiger partial charge in [-0.2, -0.15) is 0 Å². The lowest BCUT2D eigenvalue weighted by atomic mass is 10.3. The summed E-state index contributed by atoms with van der Waals surface area (Å²) in [5, 5.41) is 5.96. The maximum absolute atomic E-state index is 11.8. The molecule has 0 aliphatic rings. The Hall–Kier alpha value is -2.73. The summed E-state index contributed by atoms with van der Waals surface area (Å²) >= 11 is 5.78. The molecule has 22 heavy (non-hydrogen) atoms. The van der Waals surface area contributed by atoms with Crippen LogP contribution >= 0.6 is 11.6 Å². The van der Waals surface area contributed by atoms with Crippen LogP contribution in [0.4, 0.5) is 10.5 Å². The number of benzene rings is 2. The minimum atomic E-state index is -0.354. The second-order valence-corrected chi connectivity index (χ2v) is 4.94. The first-order chi connectivity index (χ1) is 10.7. The van der Waals surface area contributed by atoms with Gasteiger partial charge in [0.25, 0.3) is 0 Å². The minimum absolute atomic E-state index is 0.0553. The molecule has 1 aromatic heterocycles. The SMILES string of the molecule is O=C(NCOc1ccc(Cl)cc1)Nc1ccc2nc[nH]c2c1. The van der Waals surface area contributed by atoms with E-state index in [0.717, 1.165) is 11.0 Å². The molecule has 0 aliphatic carbocycles. The summed E-state index contributed by atoms with van der Waals surface area (Å²) in [5.74, 6) is 0.628. The number of nitrogens with one attached hydrogen (secondary N) is 3. The molecule has 0 radical (unpaired) electrons. The van der Waals surface area contributed by atoms with Gasteiger partial charge in [0, 0.05) is 10.7 Å². The Morgan fingerprint density at radius 3 is 2.86 bits per heavy atom. The fourth-order valence-electron chi connectivity index (χ4n) is 1.90. The predicted octanol–water partition coefficient (Wildman–Crippen LogP) is 3.37. The van der Waals surface area contributed by atoms with Crippen molar-refractivity contribution in [3.05, 3.63) is 53.8 Å². The fourth-order valence-corrected chi connectivity index (χ4v) is 2.03. The van der Waals surface area contributed by atoms with E-state index < -0.39 is 0 Å². The van der Waals surface area contributed by atoms with Gasteiger partial charge < -0.3 is 20.4 Å². The second-order valence-electron chi connectivity index (χ2n) is 4.51. The number of halogens is 1. The fraction of sp³-hybridized carbons (Fsp3) is 0.0667. The number of urea groups is 1. The van der Waals surface area contributed by atoms with Crippen LogP contribution in [0, 0.1) is 0 Å². The molecule has 3 rings (SSSR count). The number of carbonyl (C=O) groups is 1. The van der Waals surface area contributed by atoms with E-state index in [2.05, 4.69) is 20.6 Å². The van der Waals surface area contributed by atoms with Crippen molar-refractivity contribution in [1.29, 1.82) is 0 Å². The number of imidazole rings is 1. The molecule has 6 nitrogen and oxygen atoms in total. The van der Waals surface area contributed by atoms with Crippen LogP contribution in [0.15, 0.2) is 48.8 Å². The van der Waals surface area contributed by atoms with Crippen molar-refractivity contribution >= 4 is 34.4 Å². The smallest absolute Gasteiger partial charge is 0.321 e. The van der Waals surface area contributed by atoms with Crippen molar-refractivity contribution in [3.63, 3.8) is 0 Å². The molecule has 2 amide bonds. The molecule has 0 unspecified atom stereocenters. The van der Waals surface area contributed by atoms with E-state index in [1.54, 1.807) is 36.7 Å². The van der Waals surface area contributed by atoms with E-state index >= 15 is 0 Å². The summed E-state index contributed by atoms with van der Waals surface area (Å²) in [7, 11) is 0. The predicted molar refractivity (Wildman–Crippen MR) is 85.2 cm³/mol. The van der Waals surface area contributed by atoms with Gasteiger partial charge in [-0.1, -0.05) is 11.6 Å². The molecule has 112 valence electrons. The number of aromatic nitrogens is 2. The summed E-state index contributed by atoms with van der Waals surface area (Å²) in [5.41, 5.74) is 2.37. The second kappa shape index (κ2) is 6.36. The first kappa shape index (κ1) is 14.2. The van der Waals surface area contributed by atoms with Gasteiger partial charge in [-0.05, 0) is 42.5 Å². The molecule has 3 aromatic rings. The summed E-state index contributed by atoms with van der Waals surface area (Å²) in [4.78, 5) is 18.9. The monoisotopic (exact) mass is 316 g/mol. The van der Waals surface area contributed by atoms with Gasteiger partial charge in [0.05, 0.1) is 17.4 Å². The Morgan fingerprint density at radius 1 is 1.23 bits per heavy atom. The van der Waals surface area contributed by atoms with Crippen molar-refractivity contribution < 1.29 is 9.53 Å². The highest BCUT2D eigenvalue weighted by molar-refractivity contribution is 6.30. The highest BCUT2D eigenvalue weighted by atomic mass is 35.5. The third-order valence-corrected chi connectivity index (χ3v) is 3.22. The molecule has 0 aliphatic heterocycles. The quantitative estimate of drug-likeness (QED) is 0.646. The molecular weight excluding hydrogens is 304 g/mol. The van der Waals surface area contributed by atoms with Gasteiger partial charge in [0.2, 0.25) is 0 Å². The topological polar surface area (TPSA) is 79.0 Å². The van der Waals surface area contributed by atoms with Gasteiger partial charge in [-0.25, -0.2) is 9.78 Å². The van der Waals surface area contributed by atoms with E-state index in [9.17, 15) is 4.79 Å². The molecule has 1 heterocycles. The van der Waals surface area contributed by atoms with Crippen molar-refractivity contribution in [3.8, 4) is 5.75 Å². The number of hydrogen-bond acceptors (Lipinski definition) is 3. The van der Waals surface area contributed by atoms with Crippen LogP contribution in [-0.2, 0) is 0 Å². The number of carbonyl (C=O) groups excluding carboxylic acids is 1. The van der Waals surface area contributed by atoms with Gasteiger partial charge >= 0.3 is 6.03 Å². The molecular formula is C15H13ClN4O2. The van der Waals surface area contributed by atoms with Crippen LogP contribution in [0.1, 0.15) is 0 Å². The lowest BCUT2D eigenvalue weighted by Crippen LogP contribution is -2.31. The molecule has 0 spiro atoms. The molecule has 7 heteroatoms. The maximum atomic E-state index is 11.8. The van der Waals surface area contributed by atoms with Gasteiger partial charge in [0.1, 0.15) is 5.75 Å². The molecule has 0 bridgehead atoms. The van der Waals surface area contributed by atoms with E-state index in [4.69, 9.17) is 16.3 Å². The lowest BCUT2D eigenvalue weighted by Gasteiger charge is -2.09. The number of H-pyrrole nitrogens is 1. The van der Waals surface area contributed by atoms with Crippen LogP contribution in [0.25, 0.3) is 11.0 Å². The summed E-state index contributed by atoms with van der Waals surface area (Å²) in [6.07, 6.45) is 1.61. The van der Waals surface area contributed by atoms with Crippen molar-refractivity contribution in [2.24, 2.45) is 0 Å². The van der Waals surface area contributed by atoms with Crippen LogP contribution in [-0.4, -0.2) is 22.7 Å². The normalized spacial score (nSPS) is 10.4. The van der Waals surface area contributed by atoms with Crippen LogP contribution in [0.5, 0.6) is 5.75 Å². The van der Waals surface area contributed by atoms with Gasteiger partial charge in [-0.3, -0.25) is 0 Å². The molecule has 0 fully saturated rings. The Morgan fingerprint density at radius 2 is 2.05 bits per heavy atom. The van der Waals surface area contributed by atoms with Gasteiger partial charge in [0.15, 0.2) is 6.73 Å². The summed E-state index contributed by atoms with van der Waals surface area (Å²) in [6.45, 7) is 0.0553. The van der Waals surface area contributed by atoms with Crippen LogP contribution < -0.4 is 15.4 Å². The Balaban J connectivity index is 1.50. The third-order valence-electron chi connectivity index (χ3n) is 2.96. The molecule has 0 atom stereocenters. The van der Waals surface area contributed by atoms with Crippen molar-refractivity contribution in [2.75, 3.05) is 12.0 Å². The lowest BCUT2D eigenvalue weighted by molar-refractivity contribution is 0.234. The Labute approximate surface area is 131 Å². The zero-order valence-electron chi connectivity index (χ0n) is 11.5. The average molecular weight is 317 g/mol. The first-order valence-corrected chi connectivity index (χ1v) is 6.95. The van der Waals surface area contributed by atoms with E-state index in [0.29, 0.717) is 16.5 Å². The Kier molecular flexibility index (Phi) is 4.11. The summed E-state index contributed by atoms with van der Waals surface area (Å²) in [6, 6.07) is 12.0. The first-order valence-electron chi connectivity index (χ1n) is 6.57. The highest BCUT2D eigenvalue weighted by Gasteiger charge is 2.03. The summed E-state index contributed by atoms with van der Waals surface area (Å²) < 4.78 is 5.38. The van der Waals surface area contributed by atoms with Crippen LogP contribution in [0.3, 0.4) is 0 Å². The number of aromatic amines is 1. The number of fused-ring (bicyclic) bond motifs is 1. The molecule has 3 N–H and O–H groups in total. The van der Waals surface area contributed by atoms with Crippen molar-refractivity contribution in [2.45, 2.75) is 0 Å². The van der Waals surface area contributed by atoms with E-state index in [-0.39, 0.29) is 12.8 Å². The average Bonchev–Trinajstić information content (AvgIpc) is 2.97. The number of amides is 2. The standard InChI is InChI=1S/C15H13ClN4O2/c16-10-1-4-12(5-2-10)22-9-19-15(21)20-11-3-6-13-14(7-11)18-8-17-13/h1-8H,9H2,(H,17,18)(H2,19,20,21). The largest absolute Gasteiger partial charge is 0.473 e. The number of anilines is 1. The third kappa shape index (κ3) is 3.48. The minimum Gasteiger partial charge on any atom is -0.473 e. The zero-order valence-corrected chi connectivity index (χ0v) is 12.2. The number of rotatable bonds is 4. The zero-order chi connectivity index (χ0) is 15.4. The van der Waals surface area contributed by atoms with Crippen LogP contribution in [0.2, 0.25) is 5.02 Å². The van der Waals surface area contributed by atoms with E-state index in [1.165, 1.54) is 0 Å². The van der Waals surface area contributed by atoms with Gasteiger partial charge in [-0.15, -0.1) is 0 Å². The van der Waals surface area contributed by atoms with Crippen molar-refractivity contribution in [1.82, 2.24) is 15.3 Å². The Bertz CT molecular complexity index is 786. The molecule has 0 saturated carbocycles. The number of hydrogen-bond donors (Lipinski definition) is 3. The molecule has 0 saturated heterocycles. The maximum Gasteiger partial charge on any atom is 0.321 e. The van der Waals surface area contributed by atoms with E-state index in [1.807, 2.05) is 12.1 Å². The highest BCUT2D eigenvalue weighted by Crippen LogP contribution is 2.16. The number of ether oxygens (including phenoxy) is 1. The number of nitrogens with zero attached hydrogens (tertiary/aromatic N) is 1.